The van der Waals surface area contributed by atoms with Gasteiger partial charge in [0.15, 0.2) is 17.6 Å². The molecule has 0 fully saturated rings. The topological polar surface area (TPSA) is 56.8 Å². The second kappa shape index (κ2) is 9.34. The van der Waals surface area contributed by atoms with Crippen molar-refractivity contribution in [2.45, 2.75) is 39.5 Å². The zero-order valence-corrected chi connectivity index (χ0v) is 16.2. The number of methoxy groups -OCH3 is 1. The molecule has 0 spiro atoms. The Kier molecular flexibility index (Phi) is 7.16. The summed E-state index contributed by atoms with van der Waals surface area (Å²) in [6, 6.07) is 12.5. The largest absolute Gasteiger partial charge is 0.493 e. The summed E-state index contributed by atoms with van der Waals surface area (Å²) < 4.78 is 16.7. The fraction of sp³-hybridized carbons (Fsp3) is 0.350. The van der Waals surface area contributed by atoms with Crippen LogP contribution in [0, 0.1) is 0 Å². The number of hydrogen-bond donors (Lipinski definition) is 1. The van der Waals surface area contributed by atoms with Crippen LogP contribution >= 0.6 is 11.6 Å². The quantitative estimate of drug-likeness (QED) is 0.748. The van der Waals surface area contributed by atoms with Crippen molar-refractivity contribution < 1.29 is 19.0 Å². The molecule has 0 bridgehead atoms. The lowest BCUT2D eigenvalue weighted by Crippen LogP contribution is -2.35. The van der Waals surface area contributed by atoms with Crippen molar-refractivity contribution in [3.05, 3.63) is 53.1 Å². The summed E-state index contributed by atoms with van der Waals surface area (Å²) in [5.74, 6) is 1.70. The molecular formula is C20H24ClNO4. The van der Waals surface area contributed by atoms with Crippen LogP contribution in [0.3, 0.4) is 0 Å². The van der Waals surface area contributed by atoms with Crippen molar-refractivity contribution in [1.29, 1.82) is 0 Å². The molecule has 0 aliphatic carbocycles. The van der Waals surface area contributed by atoms with Gasteiger partial charge in [-0.05, 0) is 62.7 Å². The van der Waals surface area contributed by atoms with Crippen LogP contribution in [0.25, 0.3) is 0 Å². The zero-order valence-electron chi connectivity index (χ0n) is 15.4. The van der Waals surface area contributed by atoms with E-state index in [0.29, 0.717) is 28.8 Å². The highest BCUT2D eigenvalue weighted by Crippen LogP contribution is 2.29. The zero-order chi connectivity index (χ0) is 19.1. The molecule has 1 N–H and O–H groups in total. The summed E-state index contributed by atoms with van der Waals surface area (Å²) in [6.07, 6.45) is -0.568. The summed E-state index contributed by atoms with van der Waals surface area (Å²) in [6.45, 7) is 5.97. The Morgan fingerprint density at radius 1 is 1.04 bits per heavy atom. The third-order valence-corrected chi connectivity index (χ3v) is 3.81. The van der Waals surface area contributed by atoms with Gasteiger partial charge in [0.2, 0.25) is 0 Å². The van der Waals surface area contributed by atoms with Crippen LogP contribution in [-0.2, 0) is 11.3 Å². The molecule has 0 aromatic heterocycles. The average molecular weight is 378 g/mol. The van der Waals surface area contributed by atoms with Crippen molar-refractivity contribution in [3.8, 4) is 17.2 Å². The number of benzene rings is 2. The number of amides is 1. The first-order chi connectivity index (χ1) is 12.4. The van der Waals surface area contributed by atoms with E-state index in [2.05, 4.69) is 5.32 Å². The average Bonchev–Trinajstić information content (AvgIpc) is 2.62. The maximum absolute atomic E-state index is 12.2. The molecule has 0 aliphatic heterocycles. The molecule has 26 heavy (non-hydrogen) atoms. The first-order valence-electron chi connectivity index (χ1n) is 8.42. The highest BCUT2D eigenvalue weighted by molar-refractivity contribution is 6.30. The minimum absolute atomic E-state index is 0.0559. The van der Waals surface area contributed by atoms with Crippen LogP contribution in [0.5, 0.6) is 17.2 Å². The molecule has 1 atom stereocenters. The van der Waals surface area contributed by atoms with Crippen molar-refractivity contribution in [1.82, 2.24) is 5.32 Å². The van der Waals surface area contributed by atoms with Crippen molar-refractivity contribution in [2.24, 2.45) is 0 Å². The molecule has 2 rings (SSSR count). The Morgan fingerprint density at radius 2 is 1.73 bits per heavy atom. The molecule has 5 nitrogen and oxygen atoms in total. The fourth-order valence-electron chi connectivity index (χ4n) is 2.28. The van der Waals surface area contributed by atoms with Gasteiger partial charge in [-0.15, -0.1) is 0 Å². The van der Waals surface area contributed by atoms with Gasteiger partial charge in [0.1, 0.15) is 5.75 Å². The predicted octanol–water partition coefficient (Wildman–Crippen LogP) is 4.22. The molecule has 0 saturated carbocycles. The van der Waals surface area contributed by atoms with Gasteiger partial charge < -0.3 is 19.5 Å². The lowest BCUT2D eigenvalue weighted by Gasteiger charge is -2.16. The van der Waals surface area contributed by atoms with Gasteiger partial charge in [-0.25, -0.2) is 0 Å². The maximum atomic E-state index is 12.2. The van der Waals surface area contributed by atoms with Gasteiger partial charge in [-0.3, -0.25) is 4.79 Å². The Balaban J connectivity index is 1.92. The normalized spacial score (nSPS) is 11.8. The second-order valence-corrected chi connectivity index (χ2v) is 6.52. The summed E-state index contributed by atoms with van der Waals surface area (Å²) >= 11 is 5.84. The molecular weight excluding hydrogens is 354 g/mol. The predicted molar refractivity (Wildman–Crippen MR) is 102 cm³/mol. The number of halogens is 1. The Labute approximate surface area is 159 Å². The monoisotopic (exact) mass is 377 g/mol. The number of ether oxygens (including phenoxy) is 3. The number of hydrogen-bond acceptors (Lipinski definition) is 4. The van der Waals surface area contributed by atoms with E-state index < -0.39 is 6.10 Å². The number of carbonyl (C=O) groups excluding carboxylic acids is 1. The molecule has 0 saturated heterocycles. The third kappa shape index (κ3) is 5.85. The Hall–Kier alpha value is -2.40. The number of rotatable bonds is 8. The minimum atomic E-state index is -0.624. The molecule has 0 aliphatic rings. The van der Waals surface area contributed by atoms with E-state index in [0.717, 1.165) is 5.56 Å². The Bertz CT molecular complexity index is 731. The van der Waals surface area contributed by atoms with E-state index in [-0.39, 0.29) is 12.0 Å². The van der Waals surface area contributed by atoms with E-state index in [1.165, 1.54) is 0 Å². The summed E-state index contributed by atoms with van der Waals surface area (Å²) in [7, 11) is 1.59. The van der Waals surface area contributed by atoms with Crippen molar-refractivity contribution >= 4 is 17.5 Å². The maximum Gasteiger partial charge on any atom is 0.261 e. The number of nitrogens with one attached hydrogen (secondary N) is 1. The van der Waals surface area contributed by atoms with Crippen molar-refractivity contribution in [2.75, 3.05) is 7.11 Å². The molecule has 2 aromatic carbocycles. The van der Waals surface area contributed by atoms with Crippen LogP contribution in [-0.4, -0.2) is 25.2 Å². The van der Waals surface area contributed by atoms with E-state index in [9.17, 15) is 4.79 Å². The van der Waals surface area contributed by atoms with Crippen LogP contribution in [0.15, 0.2) is 42.5 Å². The summed E-state index contributed by atoms with van der Waals surface area (Å²) in [4.78, 5) is 12.2. The molecule has 1 amide bonds. The molecule has 140 valence electrons. The van der Waals surface area contributed by atoms with Crippen LogP contribution < -0.4 is 19.5 Å². The molecule has 0 heterocycles. The van der Waals surface area contributed by atoms with E-state index in [4.69, 9.17) is 25.8 Å². The SMILES string of the molecule is COc1cc(CNC(=O)[C@H](C)Oc2ccc(Cl)cc2)ccc1OC(C)C. The highest BCUT2D eigenvalue weighted by Gasteiger charge is 2.15. The summed E-state index contributed by atoms with van der Waals surface area (Å²) in [5.41, 5.74) is 0.907. The van der Waals surface area contributed by atoms with Gasteiger partial charge in [-0.1, -0.05) is 17.7 Å². The van der Waals surface area contributed by atoms with E-state index in [1.807, 2.05) is 32.0 Å². The third-order valence-electron chi connectivity index (χ3n) is 3.55. The van der Waals surface area contributed by atoms with Gasteiger partial charge in [0.05, 0.1) is 13.2 Å². The fourth-order valence-corrected chi connectivity index (χ4v) is 2.40. The summed E-state index contributed by atoms with van der Waals surface area (Å²) in [5, 5.41) is 3.47. The molecule has 0 unspecified atom stereocenters. The molecule has 2 aromatic rings. The van der Waals surface area contributed by atoms with E-state index in [1.54, 1.807) is 38.3 Å². The standard InChI is InChI=1S/C20H24ClNO4/c1-13(2)25-18-10-5-15(11-19(18)24-4)12-22-20(23)14(3)26-17-8-6-16(21)7-9-17/h5-11,13-14H,12H2,1-4H3,(H,22,23)/t14-/m0/s1. The van der Waals surface area contributed by atoms with Gasteiger partial charge in [0.25, 0.3) is 5.91 Å². The molecule has 0 radical (unpaired) electrons. The second-order valence-electron chi connectivity index (χ2n) is 6.08. The van der Waals surface area contributed by atoms with Crippen molar-refractivity contribution in [3.63, 3.8) is 0 Å². The van der Waals surface area contributed by atoms with Gasteiger partial charge >= 0.3 is 0 Å². The first kappa shape index (κ1) is 19.9. The van der Waals surface area contributed by atoms with Crippen LogP contribution in [0.2, 0.25) is 5.02 Å². The van der Waals surface area contributed by atoms with Gasteiger partial charge in [0, 0.05) is 11.6 Å². The smallest absolute Gasteiger partial charge is 0.261 e. The van der Waals surface area contributed by atoms with Crippen LogP contribution in [0.1, 0.15) is 26.3 Å². The first-order valence-corrected chi connectivity index (χ1v) is 8.80. The van der Waals surface area contributed by atoms with Crippen LogP contribution in [0.4, 0.5) is 0 Å². The lowest BCUT2D eigenvalue weighted by atomic mass is 10.2. The highest BCUT2D eigenvalue weighted by atomic mass is 35.5. The Morgan fingerprint density at radius 3 is 2.35 bits per heavy atom. The van der Waals surface area contributed by atoms with Gasteiger partial charge in [-0.2, -0.15) is 0 Å². The van der Waals surface area contributed by atoms with E-state index >= 15 is 0 Å². The lowest BCUT2D eigenvalue weighted by molar-refractivity contribution is -0.127. The minimum Gasteiger partial charge on any atom is -0.493 e. The molecule has 6 heteroatoms. The number of carbonyl (C=O) groups is 1.